The van der Waals surface area contributed by atoms with Crippen LogP contribution in [0.2, 0.25) is 0 Å². The minimum absolute atomic E-state index is 0.459. The fraction of sp³-hybridized carbons (Fsp3) is 0.107. The van der Waals surface area contributed by atoms with Gasteiger partial charge in [0.1, 0.15) is 11.5 Å². The molecule has 0 bridgehead atoms. The van der Waals surface area contributed by atoms with Crippen molar-refractivity contribution >= 4 is 28.0 Å². The van der Waals surface area contributed by atoms with Gasteiger partial charge >= 0.3 is 0 Å². The molecule has 0 atom stereocenters. The van der Waals surface area contributed by atoms with Crippen LogP contribution < -0.4 is 16.4 Å². The molecule has 0 radical (unpaired) electrons. The highest BCUT2D eigenvalue weighted by Crippen LogP contribution is 2.31. The molecule has 1 aromatic heterocycles. The summed E-state index contributed by atoms with van der Waals surface area (Å²) >= 11 is 0. The van der Waals surface area contributed by atoms with E-state index in [0.717, 1.165) is 57.7 Å². The van der Waals surface area contributed by atoms with Gasteiger partial charge in [-0.1, -0.05) is 54.6 Å². The number of rotatable bonds is 6. The van der Waals surface area contributed by atoms with Gasteiger partial charge in [-0.2, -0.15) is 0 Å². The second-order valence-electron chi connectivity index (χ2n) is 7.59. The van der Waals surface area contributed by atoms with E-state index in [0.29, 0.717) is 18.8 Å². The first kappa shape index (κ1) is 25.6. The van der Waals surface area contributed by atoms with Gasteiger partial charge in [-0.15, -0.1) is 0 Å². The first-order chi connectivity index (χ1) is 17.2. The van der Waals surface area contributed by atoms with Gasteiger partial charge in [-0.05, 0) is 58.3 Å². The summed E-state index contributed by atoms with van der Waals surface area (Å²) in [6, 6.07) is 30.1. The van der Waals surface area contributed by atoms with Crippen molar-refractivity contribution in [3.63, 3.8) is 0 Å². The van der Waals surface area contributed by atoms with E-state index in [1.165, 1.54) is 0 Å². The molecule has 4 aromatic carbocycles. The van der Waals surface area contributed by atoms with Gasteiger partial charge in [0.2, 0.25) is 0 Å². The van der Waals surface area contributed by atoms with Gasteiger partial charge in [-0.3, -0.25) is 4.79 Å². The van der Waals surface area contributed by atoms with Crippen LogP contribution in [-0.4, -0.2) is 28.3 Å². The molecule has 1 heterocycles. The van der Waals surface area contributed by atoms with Crippen molar-refractivity contribution in [1.29, 1.82) is 0 Å². The first-order valence-corrected chi connectivity index (χ1v) is 11.0. The second-order valence-corrected chi connectivity index (χ2v) is 7.59. The monoisotopic (exact) mass is 471 g/mol. The topological polar surface area (TPSA) is 124 Å². The number of nitrogens with two attached hydrogens (primary N) is 2. The van der Waals surface area contributed by atoms with Crippen LogP contribution >= 0.6 is 0 Å². The number of aliphatic hydroxyl groups is 1. The van der Waals surface area contributed by atoms with E-state index in [9.17, 15) is 4.79 Å². The summed E-state index contributed by atoms with van der Waals surface area (Å²) in [7, 11) is 1.00. The summed E-state index contributed by atoms with van der Waals surface area (Å²) in [6.45, 7) is 1.01. The maximum atomic E-state index is 11.8. The van der Waals surface area contributed by atoms with Crippen LogP contribution in [0.4, 0.5) is 0 Å². The number of aldehydes is 1. The number of ether oxygens (including phenoxy) is 1. The van der Waals surface area contributed by atoms with E-state index in [1.54, 1.807) is 0 Å². The maximum absolute atomic E-state index is 11.8. The number of para-hydroxylation sites is 1. The molecule has 0 saturated heterocycles. The number of hydrogen-bond donors (Lipinski definition) is 4. The van der Waals surface area contributed by atoms with E-state index in [-0.39, 0.29) is 0 Å². The molecular formula is C28H29N3O4. The molecule has 7 heteroatoms. The largest absolute Gasteiger partial charge is 0.457 e. The van der Waals surface area contributed by atoms with Gasteiger partial charge in [0, 0.05) is 31.1 Å². The number of hydrogen-bond acceptors (Lipinski definition) is 6. The summed E-state index contributed by atoms with van der Waals surface area (Å²) in [5.41, 5.74) is 9.62. The third-order valence-corrected chi connectivity index (χ3v) is 5.59. The summed E-state index contributed by atoms with van der Waals surface area (Å²) in [5.74, 6) is 5.06. The lowest BCUT2D eigenvalue weighted by Crippen LogP contribution is -2.05. The highest BCUT2D eigenvalue weighted by molar-refractivity contribution is 5.91. The molecule has 0 spiro atoms. The van der Waals surface area contributed by atoms with Crippen molar-refractivity contribution in [2.24, 2.45) is 11.6 Å². The zero-order chi connectivity index (χ0) is 25.2. The van der Waals surface area contributed by atoms with Crippen LogP contribution in [0.5, 0.6) is 11.5 Å². The zero-order valence-corrected chi connectivity index (χ0v) is 19.5. The second kappa shape index (κ2) is 12.5. The number of carbonyl (C=O) groups is 1. The lowest BCUT2D eigenvalue weighted by atomic mass is 10.0. The Morgan fingerprint density at radius 3 is 2.26 bits per heavy atom. The average Bonchev–Trinajstić information content (AvgIpc) is 3.28. The Labute approximate surface area is 203 Å². The van der Waals surface area contributed by atoms with Crippen molar-refractivity contribution in [2.45, 2.75) is 13.1 Å². The summed E-state index contributed by atoms with van der Waals surface area (Å²) < 4.78 is 8.18. The smallest absolute Gasteiger partial charge is 0.166 e. The lowest BCUT2D eigenvalue weighted by Gasteiger charge is -2.14. The Morgan fingerprint density at radius 2 is 1.54 bits per heavy atom. The molecule has 0 fully saturated rings. The maximum Gasteiger partial charge on any atom is 0.166 e. The Morgan fingerprint density at radius 1 is 0.829 bits per heavy atom. The Kier molecular flexibility index (Phi) is 9.11. The molecule has 0 saturated carbocycles. The average molecular weight is 472 g/mol. The minimum Gasteiger partial charge on any atom is -0.457 e. The standard InChI is InChI=1S/C27H22N2O2.CH4O.H3NO/c28-16-19-10-11-21-13-23(18-30)29(27(21)12-19)17-22-15-25(31-24-7-2-1-3-8-24)14-20-6-4-5-9-26(20)22;2*1-2/h1-15,18H,16-17,28H2;2H,1H3;2H,1H2. The van der Waals surface area contributed by atoms with E-state index >= 15 is 0 Å². The van der Waals surface area contributed by atoms with Crippen molar-refractivity contribution in [3.05, 3.63) is 108 Å². The number of aliphatic hydroxyl groups excluding tert-OH is 1. The number of nitrogens with zero attached hydrogens (tertiary/aromatic N) is 1. The van der Waals surface area contributed by atoms with Crippen molar-refractivity contribution in [2.75, 3.05) is 7.11 Å². The number of carbonyl (C=O) groups excluding carboxylic acids is 1. The molecule has 6 N–H and O–H groups in total. The molecule has 0 unspecified atom stereocenters. The van der Waals surface area contributed by atoms with Crippen LogP contribution in [-0.2, 0) is 13.1 Å². The fourth-order valence-corrected chi connectivity index (χ4v) is 4.07. The van der Waals surface area contributed by atoms with E-state index in [1.807, 2.05) is 66.7 Å². The van der Waals surface area contributed by atoms with Gasteiger partial charge in [0.15, 0.2) is 6.29 Å². The van der Waals surface area contributed by atoms with E-state index in [4.69, 9.17) is 20.8 Å². The highest BCUT2D eigenvalue weighted by atomic mass is 16.5. The summed E-state index contributed by atoms with van der Waals surface area (Å²) in [5, 5.41) is 16.8. The first-order valence-electron chi connectivity index (χ1n) is 11.0. The zero-order valence-electron chi connectivity index (χ0n) is 19.5. The third-order valence-electron chi connectivity index (χ3n) is 5.59. The molecule has 35 heavy (non-hydrogen) atoms. The Balaban J connectivity index is 0.000000815. The Hall–Kier alpha value is -4.01. The molecule has 5 rings (SSSR count). The predicted molar refractivity (Wildman–Crippen MR) is 139 cm³/mol. The van der Waals surface area contributed by atoms with Crippen LogP contribution in [0.25, 0.3) is 21.7 Å². The predicted octanol–water partition coefficient (Wildman–Crippen LogP) is 4.85. The van der Waals surface area contributed by atoms with Gasteiger partial charge in [-0.25, -0.2) is 5.90 Å². The van der Waals surface area contributed by atoms with Crippen LogP contribution in [0.1, 0.15) is 21.6 Å². The summed E-state index contributed by atoms with van der Waals surface area (Å²) in [4.78, 5) is 11.8. The lowest BCUT2D eigenvalue weighted by molar-refractivity contribution is 0.111. The number of fused-ring (bicyclic) bond motifs is 2. The van der Waals surface area contributed by atoms with Crippen molar-refractivity contribution in [3.8, 4) is 11.5 Å². The molecule has 180 valence electrons. The summed E-state index contributed by atoms with van der Waals surface area (Å²) in [6.07, 6.45) is 0.911. The molecule has 0 aliphatic rings. The minimum atomic E-state index is 0.459. The molecule has 5 aromatic rings. The molecule has 0 aliphatic carbocycles. The van der Waals surface area contributed by atoms with E-state index < -0.39 is 0 Å². The van der Waals surface area contributed by atoms with Crippen LogP contribution in [0.3, 0.4) is 0 Å². The van der Waals surface area contributed by atoms with Crippen molar-refractivity contribution < 1.29 is 19.8 Å². The molecule has 0 amide bonds. The quantitative estimate of drug-likeness (QED) is 0.207. The normalized spacial score (nSPS) is 10.2. The Bertz CT molecular complexity index is 1400. The van der Waals surface area contributed by atoms with E-state index in [2.05, 4.69) is 34.7 Å². The fourth-order valence-electron chi connectivity index (χ4n) is 4.07. The van der Waals surface area contributed by atoms with Crippen molar-refractivity contribution in [1.82, 2.24) is 4.57 Å². The van der Waals surface area contributed by atoms with Gasteiger partial charge in [0.25, 0.3) is 0 Å². The molecular weight excluding hydrogens is 442 g/mol. The van der Waals surface area contributed by atoms with Crippen LogP contribution in [0.15, 0.2) is 91.0 Å². The number of aromatic nitrogens is 1. The third kappa shape index (κ3) is 5.74. The SMILES string of the molecule is CO.NCc1ccc2cc(C=O)n(Cc3cc(Oc4ccccc4)cc4ccccc34)c2c1.NO. The van der Waals surface area contributed by atoms with Gasteiger partial charge < -0.3 is 25.4 Å². The highest BCUT2D eigenvalue weighted by Gasteiger charge is 2.13. The van der Waals surface area contributed by atoms with Gasteiger partial charge in [0.05, 0.1) is 5.69 Å². The number of benzene rings is 4. The molecule has 7 nitrogen and oxygen atoms in total. The molecule has 0 aliphatic heterocycles. The van der Waals surface area contributed by atoms with Crippen LogP contribution in [0, 0.1) is 0 Å².